The van der Waals surface area contributed by atoms with Crippen LogP contribution in [0, 0.1) is 0 Å². The van der Waals surface area contributed by atoms with E-state index in [0.717, 1.165) is 12.8 Å². The predicted molar refractivity (Wildman–Crippen MR) is 47.5 cm³/mol. The van der Waals surface area contributed by atoms with Gasteiger partial charge in [-0.15, -0.1) is 11.6 Å². The van der Waals surface area contributed by atoms with Crippen molar-refractivity contribution in [2.75, 3.05) is 19.8 Å². The van der Waals surface area contributed by atoms with Crippen LogP contribution < -0.4 is 5.32 Å². The number of ether oxygens (including phenoxy) is 1. The van der Waals surface area contributed by atoms with Gasteiger partial charge in [-0.3, -0.25) is 0 Å². The van der Waals surface area contributed by atoms with Gasteiger partial charge in [-0.05, 0) is 12.8 Å². The second kappa shape index (κ2) is 5.19. The van der Waals surface area contributed by atoms with Crippen molar-refractivity contribution in [3.05, 3.63) is 0 Å². The maximum absolute atomic E-state index is 11.6. The molecule has 14 heavy (non-hydrogen) atoms. The van der Waals surface area contributed by atoms with Crippen LogP contribution in [0.15, 0.2) is 0 Å². The normalized spacial score (nSPS) is 27.4. The molecule has 1 aliphatic carbocycles. The Hall–Kier alpha value is 0. The average Bonchev–Trinajstić information content (AvgIpc) is 1.98. The molecule has 0 heterocycles. The lowest BCUT2D eigenvalue weighted by atomic mass is 9.92. The minimum atomic E-state index is -4.22. The topological polar surface area (TPSA) is 21.3 Å². The minimum Gasteiger partial charge on any atom is -0.371 e. The van der Waals surface area contributed by atoms with Gasteiger partial charge in [0.25, 0.3) is 0 Å². The molecule has 0 bridgehead atoms. The molecule has 1 N–H and O–H groups in total. The molecule has 6 heteroatoms. The van der Waals surface area contributed by atoms with Crippen LogP contribution in [0.3, 0.4) is 0 Å². The quantitative estimate of drug-likeness (QED) is 0.577. The predicted octanol–water partition coefficient (Wildman–Crippen LogP) is 1.92. The van der Waals surface area contributed by atoms with E-state index in [1.807, 2.05) is 0 Å². The van der Waals surface area contributed by atoms with Crippen molar-refractivity contribution >= 4 is 11.6 Å². The van der Waals surface area contributed by atoms with Crippen LogP contribution in [0.5, 0.6) is 0 Å². The smallest absolute Gasteiger partial charge is 0.371 e. The van der Waals surface area contributed by atoms with Gasteiger partial charge in [0.2, 0.25) is 0 Å². The fraction of sp³-hybridized carbons (Fsp3) is 1.00. The van der Waals surface area contributed by atoms with Gasteiger partial charge in [0.15, 0.2) is 0 Å². The van der Waals surface area contributed by atoms with E-state index in [1.165, 1.54) is 0 Å². The number of halogens is 4. The fourth-order valence-corrected chi connectivity index (χ4v) is 1.67. The fourth-order valence-electron chi connectivity index (χ4n) is 1.24. The molecule has 1 rings (SSSR count). The summed E-state index contributed by atoms with van der Waals surface area (Å²) < 4.78 is 39.2. The lowest BCUT2D eigenvalue weighted by Gasteiger charge is -2.31. The summed E-state index contributed by atoms with van der Waals surface area (Å²) in [6.45, 7) is -0.634. The molecule has 0 amide bonds. The Bertz CT molecular complexity index is 170. The standard InChI is InChI=1S/C8H13ClF3NO/c9-6-3-7(4-6)13-1-2-14-5-8(10,11)12/h6-7,13H,1-5H2. The summed E-state index contributed by atoms with van der Waals surface area (Å²) in [5.74, 6) is 0. The van der Waals surface area contributed by atoms with Crippen molar-refractivity contribution in [3.8, 4) is 0 Å². The molecule has 2 nitrogen and oxygen atoms in total. The summed E-state index contributed by atoms with van der Waals surface area (Å²) in [5.41, 5.74) is 0. The van der Waals surface area contributed by atoms with E-state index in [1.54, 1.807) is 0 Å². The first-order chi connectivity index (χ1) is 6.47. The van der Waals surface area contributed by atoms with E-state index < -0.39 is 12.8 Å². The average molecular weight is 232 g/mol. The van der Waals surface area contributed by atoms with Crippen molar-refractivity contribution in [2.24, 2.45) is 0 Å². The summed E-state index contributed by atoms with van der Waals surface area (Å²) in [7, 11) is 0. The molecule has 1 fully saturated rings. The highest BCUT2D eigenvalue weighted by Gasteiger charge is 2.28. The molecule has 1 aliphatic rings. The number of hydrogen-bond acceptors (Lipinski definition) is 2. The number of rotatable bonds is 5. The summed E-state index contributed by atoms with van der Waals surface area (Å²) >= 11 is 5.72. The third-order valence-corrected chi connectivity index (χ3v) is 2.38. The van der Waals surface area contributed by atoms with Gasteiger partial charge in [0, 0.05) is 18.0 Å². The molecule has 0 radical (unpaired) electrons. The first kappa shape index (κ1) is 12.1. The highest BCUT2D eigenvalue weighted by molar-refractivity contribution is 6.21. The minimum absolute atomic E-state index is 0.0863. The molecule has 0 atom stereocenters. The lowest BCUT2D eigenvalue weighted by molar-refractivity contribution is -0.173. The monoisotopic (exact) mass is 231 g/mol. The summed E-state index contributed by atoms with van der Waals surface area (Å²) in [6, 6.07) is 0.354. The third-order valence-electron chi connectivity index (χ3n) is 2.03. The Morgan fingerprint density at radius 2 is 2.00 bits per heavy atom. The largest absolute Gasteiger partial charge is 0.411 e. The van der Waals surface area contributed by atoms with Crippen LogP contribution in [0.25, 0.3) is 0 Å². The van der Waals surface area contributed by atoms with Gasteiger partial charge in [-0.1, -0.05) is 0 Å². The number of nitrogens with one attached hydrogen (secondary N) is 1. The highest BCUT2D eigenvalue weighted by Crippen LogP contribution is 2.24. The van der Waals surface area contributed by atoms with E-state index in [0.29, 0.717) is 12.6 Å². The highest BCUT2D eigenvalue weighted by atomic mass is 35.5. The van der Waals surface area contributed by atoms with Gasteiger partial charge in [-0.2, -0.15) is 13.2 Å². The van der Waals surface area contributed by atoms with Crippen molar-refractivity contribution in [1.29, 1.82) is 0 Å². The number of hydrogen-bond donors (Lipinski definition) is 1. The third kappa shape index (κ3) is 5.02. The summed E-state index contributed by atoms with van der Waals surface area (Å²) in [4.78, 5) is 0. The van der Waals surface area contributed by atoms with Crippen LogP contribution in [-0.2, 0) is 4.74 Å². The molecule has 0 aromatic heterocycles. The molecule has 0 unspecified atom stereocenters. The summed E-state index contributed by atoms with van der Waals surface area (Å²) in [6.07, 6.45) is -2.45. The second-order valence-electron chi connectivity index (χ2n) is 3.39. The van der Waals surface area contributed by atoms with Crippen molar-refractivity contribution in [3.63, 3.8) is 0 Å². The van der Waals surface area contributed by atoms with E-state index in [2.05, 4.69) is 10.1 Å². The van der Waals surface area contributed by atoms with E-state index >= 15 is 0 Å². The van der Waals surface area contributed by atoms with Gasteiger partial charge >= 0.3 is 6.18 Å². The number of alkyl halides is 4. The van der Waals surface area contributed by atoms with Crippen LogP contribution in [0.4, 0.5) is 13.2 Å². The second-order valence-corrected chi connectivity index (χ2v) is 4.00. The van der Waals surface area contributed by atoms with Crippen LogP contribution in [0.2, 0.25) is 0 Å². The van der Waals surface area contributed by atoms with Crippen molar-refractivity contribution in [1.82, 2.24) is 5.32 Å². The molecule has 0 spiro atoms. The molecular formula is C8H13ClF3NO. The van der Waals surface area contributed by atoms with E-state index in [-0.39, 0.29) is 12.0 Å². The SMILES string of the molecule is FC(F)(F)COCCNC1CC(Cl)C1. The van der Waals surface area contributed by atoms with Crippen molar-refractivity contribution in [2.45, 2.75) is 30.4 Å². The first-order valence-corrected chi connectivity index (χ1v) is 4.93. The van der Waals surface area contributed by atoms with Crippen LogP contribution in [0.1, 0.15) is 12.8 Å². The molecule has 0 aliphatic heterocycles. The maximum atomic E-state index is 11.6. The Morgan fingerprint density at radius 3 is 2.50 bits per heavy atom. The molecule has 0 aromatic carbocycles. The molecule has 1 saturated carbocycles. The van der Waals surface area contributed by atoms with Gasteiger partial charge < -0.3 is 10.1 Å². The Balaban J connectivity index is 1.85. The van der Waals surface area contributed by atoms with Gasteiger partial charge in [-0.25, -0.2) is 0 Å². The Labute approximate surface area is 85.8 Å². The van der Waals surface area contributed by atoms with Crippen LogP contribution in [-0.4, -0.2) is 37.4 Å². The zero-order valence-corrected chi connectivity index (χ0v) is 8.37. The molecule has 0 saturated heterocycles. The molecular weight excluding hydrogens is 219 g/mol. The first-order valence-electron chi connectivity index (χ1n) is 4.49. The van der Waals surface area contributed by atoms with Gasteiger partial charge in [0.1, 0.15) is 6.61 Å². The Morgan fingerprint density at radius 1 is 1.36 bits per heavy atom. The van der Waals surface area contributed by atoms with E-state index in [9.17, 15) is 13.2 Å². The van der Waals surface area contributed by atoms with Gasteiger partial charge in [0.05, 0.1) is 6.61 Å². The van der Waals surface area contributed by atoms with Crippen molar-refractivity contribution < 1.29 is 17.9 Å². The molecule has 84 valence electrons. The Kier molecular flexibility index (Phi) is 4.47. The zero-order valence-electron chi connectivity index (χ0n) is 7.61. The zero-order chi connectivity index (χ0) is 10.6. The van der Waals surface area contributed by atoms with E-state index in [4.69, 9.17) is 11.6 Å². The lowest BCUT2D eigenvalue weighted by Crippen LogP contribution is -2.43. The van der Waals surface area contributed by atoms with Crippen LogP contribution >= 0.6 is 11.6 Å². The summed E-state index contributed by atoms with van der Waals surface area (Å²) in [5, 5.41) is 3.28. The maximum Gasteiger partial charge on any atom is 0.411 e. The molecule has 0 aromatic rings.